The predicted molar refractivity (Wildman–Crippen MR) is 117 cm³/mol. The molecule has 4 N–H and O–H groups in total. The standard InChI is InChI=1S/C14H27N5O.C6H5F.C2H6/c1-11(15)6-16-4-5-18-7-12-8-19(10-14(2,3)20)17-13(12)9-18;7-6-4-2-1-3-5-6;1-2/h8,11,16,20H,4-7,9-10,15H2,1-3H3;1-5H;1-2H3/t11-;;/m0../s1. The van der Waals surface area contributed by atoms with Gasteiger partial charge < -0.3 is 16.2 Å². The van der Waals surface area contributed by atoms with Crippen LogP contribution in [0.5, 0.6) is 0 Å². The van der Waals surface area contributed by atoms with E-state index in [-0.39, 0.29) is 11.9 Å². The number of halogens is 1. The number of aromatic nitrogens is 2. The van der Waals surface area contributed by atoms with Crippen molar-refractivity contribution < 1.29 is 9.50 Å². The second-order valence-corrected chi connectivity index (χ2v) is 7.80. The number of aliphatic hydroxyl groups is 1. The van der Waals surface area contributed by atoms with Crippen molar-refractivity contribution in [2.45, 2.75) is 65.9 Å². The smallest absolute Gasteiger partial charge is 0.123 e. The molecule has 0 unspecified atom stereocenters. The number of nitrogens with one attached hydrogen (secondary N) is 1. The lowest BCUT2D eigenvalue weighted by Gasteiger charge is -2.18. The number of hydrogen-bond acceptors (Lipinski definition) is 5. The maximum Gasteiger partial charge on any atom is 0.123 e. The van der Waals surface area contributed by atoms with Crippen molar-refractivity contribution in [2.24, 2.45) is 5.73 Å². The van der Waals surface area contributed by atoms with Gasteiger partial charge in [0.1, 0.15) is 5.82 Å². The Morgan fingerprint density at radius 3 is 2.38 bits per heavy atom. The normalized spacial score (nSPS) is 14.3. The van der Waals surface area contributed by atoms with Gasteiger partial charge in [-0.05, 0) is 32.9 Å². The molecule has 164 valence electrons. The van der Waals surface area contributed by atoms with Crippen molar-refractivity contribution in [3.05, 3.63) is 53.6 Å². The molecule has 0 radical (unpaired) electrons. The molecule has 0 amide bonds. The third kappa shape index (κ3) is 10.5. The Bertz CT molecular complexity index is 659. The summed E-state index contributed by atoms with van der Waals surface area (Å²) in [5, 5.41) is 17.7. The van der Waals surface area contributed by atoms with E-state index in [1.54, 1.807) is 32.0 Å². The van der Waals surface area contributed by atoms with E-state index in [0.717, 1.165) is 38.4 Å². The average Bonchev–Trinajstić information content (AvgIpc) is 3.18. The van der Waals surface area contributed by atoms with Gasteiger partial charge in [-0.25, -0.2) is 4.39 Å². The minimum absolute atomic E-state index is 0.178. The van der Waals surface area contributed by atoms with Crippen LogP contribution in [0.2, 0.25) is 0 Å². The Hall–Kier alpha value is -1.80. The van der Waals surface area contributed by atoms with E-state index in [1.165, 1.54) is 17.7 Å². The van der Waals surface area contributed by atoms with Crippen molar-refractivity contribution >= 4 is 0 Å². The van der Waals surface area contributed by atoms with E-state index < -0.39 is 5.60 Å². The molecule has 1 aliphatic heterocycles. The molecule has 1 atom stereocenters. The molecular weight excluding hydrogens is 369 g/mol. The number of rotatable bonds is 7. The van der Waals surface area contributed by atoms with Crippen molar-refractivity contribution in [3.63, 3.8) is 0 Å². The van der Waals surface area contributed by atoms with Crippen molar-refractivity contribution in [2.75, 3.05) is 19.6 Å². The van der Waals surface area contributed by atoms with Gasteiger partial charge >= 0.3 is 0 Å². The van der Waals surface area contributed by atoms with Crippen LogP contribution in [0.25, 0.3) is 0 Å². The van der Waals surface area contributed by atoms with E-state index >= 15 is 0 Å². The van der Waals surface area contributed by atoms with Crippen LogP contribution in [-0.4, -0.2) is 51.1 Å². The largest absolute Gasteiger partial charge is 0.389 e. The Morgan fingerprint density at radius 1 is 1.24 bits per heavy atom. The zero-order valence-corrected chi connectivity index (χ0v) is 18.5. The molecule has 0 spiro atoms. The van der Waals surface area contributed by atoms with Crippen LogP contribution < -0.4 is 11.1 Å². The van der Waals surface area contributed by atoms with Crippen LogP contribution in [0.3, 0.4) is 0 Å². The Labute approximate surface area is 174 Å². The molecule has 0 saturated heterocycles. The number of hydrogen-bond donors (Lipinski definition) is 3. The summed E-state index contributed by atoms with van der Waals surface area (Å²) in [6.45, 7) is 14.8. The van der Waals surface area contributed by atoms with Gasteiger partial charge in [-0.15, -0.1) is 0 Å². The summed E-state index contributed by atoms with van der Waals surface area (Å²) >= 11 is 0. The third-order valence-corrected chi connectivity index (χ3v) is 4.05. The summed E-state index contributed by atoms with van der Waals surface area (Å²) < 4.78 is 13.8. The van der Waals surface area contributed by atoms with E-state index in [4.69, 9.17) is 5.73 Å². The molecule has 0 saturated carbocycles. The van der Waals surface area contributed by atoms with Gasteiger partial charge in [0, 0.05) is 50.5 Å². The fourth-order valence-electron chi connectivity index (χ4n) is 2.89. The molecular formula is C22H38FN5O. The van der Waals surface area contributed by atoms with Gasteiger partial charge in [-0.2, -0.15) is 5.10 Å². The third-order valence-electron chi connectivity index (χ3n) is 4.05. The van der Waals surface area contributed by atoms with Crippen LogP contribution in [0, 0.1) is 5.82 Å². The average molecular weight is 408 g/mol. The summed E-state index contributed by atoms with van der Waals surface area (Å²) in [6.07, 6.45) is 2.06. The summed E-state index contributed by atoms with van der Waals surface area (Å²) in [5.41, 5.74) is 7.40. The zero-order valence-electron chi connectivity index (χ0n) is 18.5. The lowest BCUT2D eigenvalue weighted by atomic mass is 10.1. The van der Waals surface area contributed by atoms with Gasteiger partial charge in [0.15, 0.2) is 0 Å². The summed E-state index contributed by atoms with van der Waals surface area (Å²) in [7, 11) is 0. The van der Waals surface area contributed by atoms with E-state index in [0.29, 0.717) is 6.54 Å². The highest BCUT2D eigenvalue weighted by Crippen LogP contribution is 2.21. The zero-order chi connectivity index (χ0) is 21.9. The van der Waals surface area contributed by atoms with Gasteiger partial charge in [-0.3, -0.25) is 9.58 Å². The molecule has 3 rings (SSSR count). The van der Waals surface area contributed by atoms with E-state index in [1.807, 2.05) is 25.5 Å². The second-order valence-electron chi connectivity index (χ2n) is 7.80. The molecule has 29 heavy (non-hydrogen) atoms. The maximum atomic E-state index is 11.9. The topological polar surface area (TPSA) is 79.3 Å². The molecule has 7 heteroatoms. The van der Waals surface area contributed by atoms with Crippen LogP contribution in [0.1, 0.15) is 45.9 Å². The number of nitrogens with two attached hydrogens (primary N) is 1. The summed E-state index contributed by atoms with van der Waals surface area (Å²) in [4.78, 5) is 2.38. The highest BCUT2D eigenvalue weighted by atomic mass is 19.1. The second kappa shape index (κ2) is 12.7. The van der Waals surface area contributed by atoms with Crippen molar-refractivity contribution in [1.29, 1.82) is 0 Å². The van der Waals surface area contributed by atoms with E-state index in [9.17, 15) is 9.50 Å². The van der Waals surface area contributed by atoms with E-state index in [2.05, 4.69) is 21.5 Å². The van der Waals surface area contributed by atoms with Gasteiger partial charge in [0.05, 0.1) is 17.8 Å². The van der Waals surface area contributed by atoms with Gasteiger partial charge in [0.2, 0.25) is 0 Å². The molecule has 0 aliphatic carbocycles. The lowest BCUT2D eigenvalue weighted by Crippen LogP contribution is -2.35. The van der Waals surface area contributed by atoms with Crippen LogP contribution >= 0.6 is 0 Å². The molecule has 0 fully saturated rings. The van der Waals surface area contributed by atoms with Crippen molar-refractivity contribution in [1.82, 2.24) is 20.0 Å². The van der Waals surface area contributed by atoms with Crippen molar-refractivity contribution in [3.8, 4) is 0 Å². The molecule has 1 aliphatic rings. The quantitative estimate of drug-likeness (QED) is 0.615. The molecule has 6 nitrogen and oxygen atoms in total. The number of nitrogens with zero attached hydrogens (tertiary/aromatic N) is 3. The molecule has 1 aromatic heterocycles. The lowest BCUT2D eigenvalue weighted by molar-refractivity contribution is 0.0574. The molecule has 2 aromatic rings. The summed E-state index contributed by atoms with van der Waals surface area (Å²) in [6, 6.07) is 8.14. The first-order valence-corrected chi connectivity index (χ1v) is 10.4. The summed E-state index contributed by atoms with van der Waals surface area (Å²) in [5.74, 6) is -0.178. The highest BCUT2D eigenvalue weighted by Gasteiger charge is 2.23. The highest BCUT2D eigenvalue weighted by molar-refractivity contribution is 5.21. The first kappa shape index (κ1) is 25.2. The van der Waals surface area contributed by atoms with Gasteiger partial charge in [-0.1, -0.05) is 32.0 Å². The monoisotopic (exact) mass is 407 g/mol. The SMILES string of the molecule is CC.C[C@H](N)CNCCN1Cc2cn(CC(C)(C)O)nc2C1.Fc1ccccc1. The Morgan fingerprint density at radius 2 is 1.90 bits per heavy atom. The van der Waals surface area contributed by atoms with Crippen LogP contribution in [0.15, 0.2) is 36.5 Å². The minimum Gasteiger partial charge on any atom is -0.389 e. The fourth-order valence-corrected chi connectivity index (χ4v) is 2.89. The Kier molecular flexibility index (Phi) is 11.0. The van der Waals surface area contributed by atoms with Gasteiger partial charge in [0.25, 0.3) is 0 Å². The number of fused-ring (bicyclic) bond motifs is 1. The molecule has 0 bridgehead atoms. The first-order valence-electron chi connectivity index (χ1n) is 10.4. The minimum atomic E-state index is -0.720. The molecule has 2 heterocycles. The predicted octanol–water partition coefficient (Wildman–Crippen LogP) is 2.76. The fraction of sp³-hybridized carbons (Fsp3) is 0.591. The Balaban J connectivity index is 0.000000390. The van der Waals surface area contributed by atoms with Crippen LogP contribution in [0.4, 0.5) is 4.39 Å². The van der Waals surface area contributed by atoms with Crippen LogP contribution in [-0.2, 0) is 19.6 Å². The first-order chi connectivity index (χ1) is 13.7. The number of benzene rings is 1. The molecule has 1 aromatic carbocycles. The maximum absolute atomic E-state index is 11.9.